The van der Waals surface area contributed by atoms with Gasteiger partial charge in [0.15, 0.2) is 0 Å². The topological polar surface area (TPSA) is 62.6 Å². The van der Waals surface area contributed by atoms with Crippen LogP contribution >= 0.6 is 11.6 Å². The predicted molar refractivity (Wildman–Crippen MR) is 87.3 cm³/mol. The number of nitrogens with zero attached hydrogens (tertiary/aromatic N) is 5. The number of hydrogen-bond acceptors (Lipinski definition) is 4. The molecule has 3 heterocycles. The predicted octanol–water partition coefficient (Wildman–Crippen LogP) is 2.98. The molecule has 7 heteroatoms. The molecule has 1 fully saturated rings. The second kappa shape index (κ2) is 6.14. The first kappa shape index (κ1) is 14.4. The molecule has 1 N–H and O–H groups in total. The highest BCUT2D eigenvalue weighted by Crippen LogP contribution is 2.32. The summed E-state index contributed by atoms with van der Waals surface area (Å²) in [6, 6.07) is 6.26. The average Bonchev–Trinajstić information content (AvgIpc) is 3.31. The quantitative estimate of drug-likeness (QED) is 0.799. The van der Waals surface area contributed by atoms with Gasteiger partial charge in [0.05, 0.1) is 11.7 Å². The standard InChI is InChI=1S/C16H17ClN6/c17-13-4-3-12(15(8-13)23-11-18-10-21-23)9-22-7-1-2-14(22)16-19-5-6-20-16/h3-6,8,10-11,14H,1-2,7,9H2,(H,19,20). The SMILES string of the molecule is Clc1ccc(CN2CCCC2c2ncc[nH]2)c(-n2cncn2)c1. The number of hydrogen-bond donors (Lipinski definition) is 1. The van der Waals surface area contributed by atoms with E-state index in [1.165, 1.54) is 18.3 Å². The van der Waals surface area contributed by atoms with Gasteiger partial charge >= 0.3 is 0 Å². The molecule has 23 heavy (non-hydrogen) atoms. The average molecular weight is 329 g/mol. The van der Waals surface area contributed by atoms with E-state index in [-0.39, 0.29) is 0 Å². The first-order valence-corrected chi connectivity index (χ1v) is 8.06. The van der Waals surface area contributed by atoms with Crippen LogP contribution in [0.3, 0.4) is 0 Å². The number of H-pyrrole nitrogens is 1. The van der Waals surface area contributed by atoms with Crippen LogP contribution in [-0.4, -0.2) is 36.2 Å². The van der Waals surface area contributed by atoms with E-state index in [4.69, 9.17) is 11.6 Å². The number of aromatic amines is 1. The van der Waals surface area contributed by atoms with Crippen molar-refractivity contribution in [2.24, 2.45) is 0 Å². The van der Waals surface area contributed by atoms with Gasteiger partial charge in [-0.05, 0) is 37.1 Å². The lowest BCUT2D eigenvalue weighted by Crippen LogP contribution is -2.24. The van der Waals surface area contributed by atoms with Gasteiger partial charge in [0.1, 0.15) is 18.5 Å². The Hall–Kier alpha value is -2.18. The highest BCUT2D eigenvalue weighted by Gasteiger charge is 2.28. The lowest BCUT2D eigenvalue weighted by Gasteiger charge is -2.24. The molecule has 1 aromatic carbocycles. The third kappa shape index (κ3) is 2.87. The molecular weight excluding hydrogens is 312 g/mol. The molecule has 1 unspecified atom stereocenters. The maximum absolute atomic E-state index is 6.17. The molecule has 3 aromatic rings. The van der Waals surface area contributed by atoms with E-state index in [1.807, 2.05) is 24.5 Å². The summed E-state index contributed by atoms with van der Waals surface area (Å²) in [4.78, 5) is 14.2. The second-order valence-corrected chi connectivity index (χ2v) is 6.15. The van der Waals surface area contributed by atoms with Crippen LogP contribution in [0, 0.1) is 0 Å². The van der Waals surface area contributed by atoms with Crippen molar-refractivity contribution in [1.82, 2.24) is 29.6 Å². The Morgan fingerprint density at radius 1 is 1.35 bits per heavy atom. The largest absolute Gasteiger partial charge is 0.347 e. The first-order valence-electron chi connectivity index (χ1n) is 7.68. The number of halogens is 1. The van der Waals surface area contributed by atoms with Crippen molar-refractivity contribution in [2.75, 3.05) is 6.54 Å². The Balaban J connectivity index is 1.64. The zero-order valence-electron chi connectivity index (χ0n) is 12.6. The number of benzene rings is 1. The molecule has 0 bridgehead atoms. The van der Waals surface area contributed by atoms with Crippen LogP contribution in [-0.2, 0) is 6.54 Å². The minimum Gasteiger partial charge on any atom is -0.347 e. The van der Waals surface area contributed by atoms with E-state index in [0.29, 0.717) is 11.1 Å². The first-order chi connectivity index (χ1) is 11.3. The number of likely N-dealkylation sites (tertiary alicyclic amines) is 1. The van der Waals surface area contributed by atoms with Gasteiger partial charge in [0, 0.05) is 24.0 Å². The highest BCUT2D eigenvalue weighted by molar-refractivity contribution is 6.30. The lowest BCUT2D eigenvalue weighted by atomic mass is 10.1. The Bertz CT molecular complexity index is 768. The molecule has 6 nitrogen and oxygen atoms in total. The monoisotopic (exact) mass is 328 g/mol. The van der Waals surface area contributed by atoms with Crippen molar-refractivity contribution >= 4 is 11.6 Å². The van der Waals surface area contributed by atoms with Crippen LogP contribution in [0.5, 0.6) is 0 Å². The van der Waals surface area contributed by atoms with Crippen molar-refractivity contribution in [2.45, 2.75) is 25.4 Å². The molecule has 1 aliphatic rings. The fourth-order valence-corrected chi connectivity index (χ4v) is 3.39. The molecule has 4 rings (SSSR count). The molecule has 0 spiro atoms. The van der Waals surface area contributed by atoms with Crippen LogP contribution in [0.2, 0.25) is 5.02 Å². The number of rotatable bonds is 4. The molecule has 1 saturated heterocycles. The third-order valence-electron chi connectivity index (χ3n) is 4.29. The van der Waals surface area contributed by atoms with E-state index < -0.39 is 0 Å². The minimum absolute atomic E-state index is 0.337. The highest BCUT2D eigenvalue weighted by atomic mass is 35.5. The normalized spacial score (nSPS) is 18.6. The molecule has 0 saturated carbocycles. The summed E-state index contributed by atoms with van der Waals surface area (Å²) in [7, 11) is 0. The van der Waals surface area contributed by atoms with Crippen molar-refractivity contribution in [1.29, 1.82) is 0 Å². The zero-order chi connectivity index (χ0) is 15.6. The van der Waals surface area contributed by atoms with Gasteiger partial charge in [-0.3, -0.25) is 4.90 Å². The number of imidazole rings is 1. The molecule has 118 valence electrons. The van der Waals surface area contributed by atoms with Crippen LogP contribution in [0.25, 0.3) is 5.69 Å². The summed E-state index contributed by atoms with van der Waals surface area (Å²) in [5.74, 6) is 1.04. The van der Waals surface area contributed by atoms with Gasteiger partial charge in [-0.2, -0.15) is 5.10 Å². The molecule has 2 aromatic heterocycles. The summed E-state index contributed by atoms with van der Waals surface area (Å²) >= 11 is 6.17. The van der Waals surface area contributed by atoms with Gasteiger partial charge in [-0.1, -0.05) is 17.7 Å². The molecule has 1 aliphatic heterocycles. The van der Waals surface area contributed by atoms with Gasteiger partial charge < -0.3 is 4.98 Å². The Morgan fingerprint density at radius 2 is 2.30 bits per heavy atom. The smallest absolute Gasteiger partial charge is 0.138 e. The van der Waals surface area contributed by atoms with Crippen molar-refractivity contribution in [3.05, 3.63) is 59.7 Å². The van der Waals surface area contributed by atoms with Gasteiger partial charge in [0.2, 0.25) is 0 Å². The molecular formula is C16H17ClN6. The van der Waals surface area contributed by atoms with Crippen LogP contribution in [0.15, 0.2) is 43.2 Å². The maximum Gasteiger partial charge on any atom is 0.138 e. The van der Waals surface area contributed by atoms with Gasteiger partial charge in [-0.25, -0.2) is 14.6 Å². The summed E-state index contributed by atoms with van der Waals surface area (Å²) < 4.78 is 1.76. The maximum atomic E-state index is 6.17. The third-order valence-corrected chi connectivity index (χ3v) is 4.52. The fourth-order valence-electron chi connectivity index (χ4n) is 3.22. The van der Waals surface area contributed by atoms with Gasteiger partial charge in [0.25, 0.3) is 0 Å². The zero-order valence-corrected chi connectivity index (χ0v) is 13.3. The van der Waals surface area contributed by atoms with E-state index in [9.17, 15) is 0 Å². The van der Waals surface area contributed by atoms with Crippen molar-refractivity contribution in [3.8, 4) is 5.69 Å². The van der Waals surface area contributed by atoms with Crippen molar-refractivity contribution < 1.29 is 0 Å². The van der Waals surface area contributed by atoms with Crippen LogP contribution in [0.4, 0.5) is 0 Å². The summed E-state index contributed by atoms with van der Waals surface area (Å²) in [6.45, 7) is 1.89. The van der Waals surface area contributed by atoms with Gasteiger partial charge in [-0.15, -0.1) is 0 Å². The summed E-state index contributed by atoms with van der Waals surface area (Å²) in [5.41, 5.74) is 2.15. The summed E-state index contributed by atoms with van der Waals surface area (Å²) in [6.07, 6.45) is 9.23. The van der Waals surface area contributed by atoms with Crippen molar-refractivity contribution in [3.63, 3.8) is 0 Å². The Kier molecular flexibility index (Phi) is 3.85. The molecule has 1 atom stereocenters. The second-order valence-electron chi connectivity index (χ2n) is 5.72. The lowest BCUT2D eigenvalue weighted by molar-refractivity contribution is 0.240. The fraction of sp³-hybridized carbons (Fsp3) is 0.312. The van der Waals surface area contributed by atoms with E-state index in [0.717, 1.165) is 31.0 Å². The van der Waals surface area contributed by atoms with E-state index in [1.54, 1.807) is 11.0 Å². The summed E-state index contributed by atoms with van der Waals surface area (Å²) in [5, 5.41) is 4.94. The Labute approximate surface area is 139 Å². The van der Waals surface area contributed by atoms with E-state index >= 15 is 0 Å². The molecule has 0 aliphatic carbocycles. The van der Waals surface area contributed by atoms with Crippen LogP contribution < -0.4 is 0 Å². The molecule has 0 radical (unpaired) electrons. The van der Waals surface area contributed by atoms with E-state index in [2.05, 4.69) is 31.0 Å². The minimum atomic E-state index is 0.337. The Morgan fingerprint density at radius 3 is 3.09 bits per heavy atom. The number of nitrogens with one attached hydrogen (secondary N) is 1. The van der Waals surface area contributed by atoms with Crippen LogP contribution in [0.1, 0.15) is 30.3 Å². The molecule has 0 amide bonds. The number of aromatic nitrogens is 5.